The topological polar surface area (TPSA) is 89.1 Å². The van der Waals surface area contributed by atoms with Crippen molar-refractivity contribution in [3.05, 3.63) is 54.4 Å². The van der Waals surface area contributed by atoms with E-state index in [1.807, 2.05) is 43.3 Å². The third-order valence-electron chi connectivity index (χ3n) is 2.92. The lowest BCUT2D eigenvalue weighted by Gasteiger charge is -2.05. The molecule has 0 fully saturated rings. The maximum atomic E-state index is 5.85. The summed E-state index contributed by atoms with van der Waals surface area (Å²) >= 11 is 0. The Balaban J connectivity index is 1.91. The minimum absolute atomic E-state index is 0.198. The highest BCUT2D eigenvalue weighted by molar-refractivity contribution is 5.93. The van der Waals surface area contributed by atoms with E-state index in [1.165, 1.54) is 0 Å². The number of nitrogens with zero attached hydrogens (tertiary/aromatic N) is 4. The molecule has 3 aromatic rings. The predicted octanol–water partition coefficient (Wildman–Crippen LogP) is 2.39. The van der Waals surface area contributed by atoms with Crippen molar-refractivity contribution in [3.8, 4) is 0 Å². The molecule has 2 heterocycles. The number of para-hydroxylation sites is 1. The Labute approximate surface area is 121 Å². The largest absolute Gasteiger partial charge is 0.369 e. The van der Waals surface area contributed by atoms with Crippen LogP contribution in [0, 0.1) is 6.92 Å². The number of guanidine groups is 1. The van der Waals surface area contributed by atoms with Crippen LogP contribution < -0.4 is 11.1 Å². The van der Waals surface area contributed by atoms with E-state index in [0.29, 0.717) is 11.8 Å². The first-order valence-corrected chi connectivity index (χ1v) is 6.48. The Morgan fingerprint density at radius 2 is 1.90 bits per heavy atom. The Hall–Kier alpha value is -3.02. The highest BCUT2D eigenvalue weighted by Gasteiger charge is 2.04. The summed E-state index contributed by atoms with van der Waals surface area (Å²) in [5, 5.41) is 3.90. The maximum Gasteiger partial charge on any atom is 0.253 e. The van der Waals surface area contributed by atoms with Crippen LogP contribution in [0.4, 0.5) is 11.8 Å². The molecule has 6 heteroatoms. The van der Waals surface area contributed by atoms with Crippen molar-refractivity contribution < 1.29 is 0 Å². The summed E-state index contributed by atoms with van der Waals surface area (Å²) in [6.07, 6.45) is 1.67. The summed E-state index contributed by atoms with van der Waals surface area (Å²) in [5.74, 6) is 1.15. The van der Waals surface area contributed by atoms with Crippen LogP contribution in [-0.4, -0.2) is 20.9 Å². The van der Waals surface area contributed by atoms with Gasteiger partial charge in [0.2, 0.25) is 5.96 Å². The molecule has 6 nitrogen and oxygen atoms in total. The summed E-state index contributed by atoms with van der Waals surface area (Å²) in [7, 11) is 0. The summed E-state index contributed by atoms with van der Waals surface area (Å²) in [4.78, 5) is 17.0. The molecule has 104 valence electrons. The standard InChI is InChI=1S/C15H14N6/c1-10-11-6-2-3-7-12(11)19-15(18-10)21-14(16)20-13-8-4-5-9-17-13/h2-9H,1H3,(H3,16,17,18,19,20,21). The number of hydrogen-bond acceptors (Lipinski definition) is 4. The number of pyridine rings is 1. The van der Waals surface area contributed by atoms with Gasteiger partial charge in [-0.2, -0.15) is 4.99 Å². The van der Waals surface area contributed by atoms with Gasteiger partial charge in [0, 0.05) is 11.6 Å². The van der Waals surface area contributed by atoms with Crippen LogP contribution in [0.1, 0.15) is 5.69 Å². The number of aryl methyl sites for hydroxylation is 1. The van der Waals surface area contributed by atoms with Crippen molar-refractivity contribution in [3.63, 3.8) is 0 Å². The zero-order valence-corrected chi connectivity index (χ0v) is 11.5. The maximum absolute atomic E-state index is 5.85. The molecule has 0 unspecified atom stereocenters. The molecule has 0 bridgehead atoms. The van der Waals surface area contributed by atoms with Gasteiger partial charge in [0.05, 0.1) is 11.2 Å². The van der Waals surface area contributed by atoms with E-state index in [9.17, 15) is 0 Å². The van der Waals surface area contributed by atoms with E-state index in [1.54, 1.807) is 12.3 Å². The second-order valence-electron chi connectivity index (χ2n) is 4.46. The van der Waals surface area contributed by atoms with Gasteiger partial charge in [0.25, 0.3) is 5.95 Å². The van der Waals surface area contributed by atoms with Crippen LogP contribution in [0.5, 0.6) is 0 Å². The van der Waals surface area contributed by atoms with Crippen LogP contribution in [0.25, 0.3) is 10.9 Å². The molecule has 0 aliphatic rings. The minimum Gasteiger partial charge on any atom is -0.369 e. The molecular formula is C15H14N6. The molecule has 1 aromatic carbocycles. The number of aromatic nitrogens is 3. The molecule has 0 aliphatic carbocycles. The minimum atomic E-state index is 0.198. The monoisotopic (exact) mass is 278 g/mol. The fourth-order valence-electron chi connectivity index (χ4n) is 1.97. The summed E-state index contributed by atoms with van der Waals surface area (Å²) in [6.45, 7) is 1.92. The van der Waals surface area contributed by atoms with Crippen molar-refractivity contribution in [1.82, 2.24) is 15.0 Å². The van der Waals surface area contributed by atoms with Crippen LogP contribution in [-0.2, 0) is 0 Å². The van der Waals surface area contributed by atoms with Gasteiger partial charge < -0.3 is 11.1 Å². The second-order valence-corrected chi connectivity index (χ2v) is 4.46. The van der Waals surface area contributed by atoms with Gasteiger partial charge in [-0.1, -0.05) is 24.3 Å². The number of rotatable bonds is 2. The Bertz CT molecular complexity index is 798. The van der Waals surface area contributed by atoms with Crippen LogP contribution in [0.15, 0.2) is 53.7 Å². The molecule has 3 N–H and O–H groups in total. The predicted molar refractivity (Wildman–Crippen MR) is 83.4 cm³/mol. The summed E-state index contributed by atoms with van der Waals surface area (Å²) < 4.78 is 0. The normalized spacial score (nSPS) is 11.6. The van der Waals surface area contributed by atoms with E-state index in [4.69, 9.17) is 5.73 Å². The third-order valence-corrected chi connectivity index (χ3v) is 2.92. The molecule has 3 rings (SSSR count). The molecule has 21 heavy (non-hydrogen) atoms. The van der Waals surface area contributed by atoms with Crippen molar-refractivity contribution >= 4 is 28.6 Å². The van der Waals surface area contributed by atoms with Gasteiger partial charge in [0.15, 0.2) is 0 Å². The summed E-state index contributed by atoms with van der Waals surface area (Å²) in [6, 6.07) is 13.3. The molecule has 0 aliphatic heterocycles. The second kappa shape index (κ2) is 5.54. The van der Waals surface area contributed by atoms with Gasteiger partial charge in [-0.25, -0.2) is 15.0 Å². The quantitative estimate of drug-likeness (QED) is 0.555. The van der Waals surface area contributed by atoms with E-state index in [0.717, 1.165) is 16.6 Å². The number of aliphatic imine (C=N–C) groups is 1. The molecule has 0 saturated heterocycles. The van der Waals surface area contributed by atoms with Gasteiger partial charge >= 0.3 is 0 Å². The molecule has 0 radical (unpaired) electrons. The zero-order valence-electron chi connectivity index (χ0n) is 11.5. The fraction of sp³-hybridized carbons (Fsp3) is 0.0667. The van der Waals surface area contributed by atoms with E-state index in [-0.39, 0.29) is 5.96 Å². The van der Waals surface area contributed by atoms with Crippen LogP contribution >= 0.6 is 0 Å². The van der Waals surface area contributed by atoms with Gasteiger partial charge in [-0.15, -0.1) is 0 Å². The van der Waals surface area contributed by atoms with Gasteiger partial charge in [-0.05, 0) is 25.1 Å². The van der Waals surface area contributed by atoms with Gasteiger partial charge in [0.1, 0.15) is 5.82 Å². The first-order chi connectivity index (χ1) is 10.2. The van der Waals surface area contributed by atoms with E-state index in [2.05, 4.69) is 25.3 Å². The third kappa shape index (κ3) is 2.94. The molecule has 2 aromatic heterocycles. The SMILES string of the molecule is Cc1nc(/N=C(\N)Nc2ccccn2)nc2ccccc12. The van der Waals surface area contributed by atoms with Gasteiger partial charge in [-0.3, -0.25) is 0 Å². The molecular weight excluding hydrogens is 264 g/mol. The number of hydrogen-bond donors (Lipinski definition) is 2. The Kier molecular flexibility index (Phi) is 3.42. The lowest BCUT2D eigenvalue weighted by atomic mass is 10.2. The Morgan fingerprint density at radius 1 is 1.10 bits per heavy atom. The number of nitrogens with one attached hydrogen (secondary N) is 1. The first kappa shape index (κ1) is 13.0. The zero-order chi connectivity index (χ0) is 14.7. The molecule has 0 saturated carbocycles. The molecule has 0 amide bonds. The highest BCUT2D eigenvalue weighted by atomic mass is 15.2. The number of nitrogens with two attached hydrogens (primary N) is 1. The Morgan fingerprint density at radius 3 is 2.71 bits per heavy atom. The molecule has 0 atom stereocenters. The summed E-state index contributed by atoms with van der Waals surface area (Å²) in [5.41, 5.74) is 7.56. The smallest absolute Gasteiger partial charge is 0.253 e. The van der Waals surface area contributed by atoms with E-state index < -0.39 is 0 Å². The average Bonchev–Trinajstić information content (AvgIpc) is 2.48. The lowest BCUT2D eigenvalue weighted by molar-refractivity contribution is 1.12. The molecule has 0 spiro atoms. The van der Waals surface area contributed by atoms with Crippen LogP contribution in [0.2, 0.25) is 0 Å². The highest BCUT2D eigenvalue weighted by Crippen LogP contribution is 2.17. The van der Waals surface area contributed by atoms with Crippen molar-refractivity contribution in [2.75, 3.05) is 5.32 Å². The van der Waals surface area contributed by atoms with E-state index >= 15 is 0 Å². The van der Waals surface area contributed by atoms with Crippen molar-refractivity contribution in [2.24, 2.45) is 10.7 Å². The number of fused-ring (bicyclic) bond motifs is 1. The van der Waals surface area contributed by atoms with Crippen LogP contribution in [0.3, 0.4) is 0 Å². The lowest BCUT2D eigenvalue weighted by Crippen LogP contribution is -2.22. The average molecular weight is 278 g/mol. The fourth-order valence-corrected chi connectivity index (χ4v) is 1.97. The van der Waals surface area contributed by atoms with Crippen molar-refractivity contribution in [2.45, 2.75) is 6.92 Å². The van der Waals surface area contributed by atoms with Crippen molar-refractivity contribution in [1.29, 1.82) is 0 Å². The number of anilines is 1. The number of benzene rings is 1. The first-order valence-electron chi connectivity index (χ1n) is 6.48.